The molecule has 1 unspecified atom stereocenters. The summed E-state index contributed by atoms with van der Waals surface area (Å²) in [5.41, 5.74) is 0. The fraction of sp³-hybridized carbons (Fsp3) is 0.632. The molecule has 0 spiro atoms. The first-order valence-electron chi connectivity index (χ1n) is 9.01. The fourth-order valence-electron chi connectivity index (χ4n) is 3.21. The van der Waals surface area contributed by atoms with E-state index in [-0.39, 0.29) is 24.0 Å². The maximum atomic E-state index is 5.31. The van der Waals surface area contributed by atoms with Gasteiger partial charge in [0, 0.05) is 42.3 Å². The number of aliphatic imine (C=N–C) groups is 1. The molecule has 1 aliphatic heterocycles. The highest BCUT2D eigenvalue weighted by Gasteiger charge is 2.43. The van der Waals surface area contributed by atoms with E-state index in [1.54, 1.807) is 7.11 Å². The van der Waals surface area contributed by atoms with Gasteiger partial charge in [0.15, 0.2) is 5.96 Å². The van der Waals surface area contributed by atoms with Crippen LogP contribution in [-0.4, -0.2) is 55.5 Å². The van der Waals surface area contributed by atoms with Crippen LogP contribution in [0.5, 0.6) is 0 Å². The third kappa shape index (κ3) is 6.03. The minimum atomic E-state index is 0. The van der Waals surface area contributed by atoms with E-state index < -0.39 is 0 Å². The lowest BCUT2D eigenvalue weighted by molar-refractivity contribution is 0.157. The molecule has 1 saturated carbocycles. The minimum Gasteiger partial charge on any atom is -0.384 e. The second kappa shape index (κ2) is 10.0. The number of thioether (sulfide) groups is 1. The van der Waals surface area contributed by atoms with Crippen LogP contribution in [0.25, 0.3) is 0 Å². The lowest BCUT2D eigenvalue weighted by Gasteiger charge is -2.22. The Morgan fingerprint density at radius 2 is 2.12 bits per heavy atom. The maximum Gasteiger partial charge on any atom is 0.193 e. The molecule has 140 valence electrons. The van der Waals surface area contributed by atoms with Gasteiger partial charge in [0.25, 0.3) is 0 Å². The van der Waals surface area contributed by atoms with Gasteiger partial charge in [-0.15, -0.1) is 35.7 Å². The second-order valence-corrected chi connectivity index (χ2v) is 8.37. The Hall–Kier alpha value is -0.470. The van der Waals surface area contributed by atoms with Gasteiger partial charge in [0.2, 0.25) is 0 Å². The maximum absolute atomic E-state index is 5.31. The smallest absolute Gasteiger partial charge is 0.193 e. The quantitative estimate of drug-likeness (QED) is 0.369. The van der Waals surface area contributed by atoms with Gasteiger partial charge in [-0.3, -0.25) is 4.99 Å². The predicted octanol–water partition coefficient (Wildman–Crippen LogP) is 3.86. The van der Waals surface area contributed by atoms with Gasteiger partial charge in [-0.1, -0.05) is 18.2 Å². The molecule has 1 N–H and O–H groups in total. The van der Waals surface area contributed by atoms with Crippen LogP contribution in [0.3, 0.4) is 0 Å². The molecule has 1 atom stereocenters. The topological polar surface area (TPSA) is 36.9 Å². The molecule has 1 heterocycles. The average molecular weight is 475 g/mol. The second-order valence-electron chi connectivity index (χ2n) is 6.82. The fourth-order valence-corrected chi connectivity index (χ4v) is 4.44. The number of hydrogen-bond donors (Lipinski definition) is 1. The molecule has 2 aliphatic rings. The third-order valence-corrected chi connectivity index (χ3v) is 6.20. The Kier molecular flexibility index (Phi) is 8.35. The van der Waals surface area contributed by atoms with Crippen LogP contribution < -0.4 is 5.32 Å². The molecule has 1 aromatic rings. The van der Waals surface area contributed by atoms with Gasteiger partial charge in [-0.05, 0) is 38.3 Å². The zero-order valence-electron chi connectivity index (χ0n) is 15.2. The summed E-state index contributed by atoms with van der Waals surface area (Å²) in [6.45, 7) is 6.95. The lowest BCUT2D eigenvalue weighted by Crippen LogP contribution is -2.40. The molecular formula is C19H30IN3OS. The number of hydrogen-bond acceptors (Lipinski definition) is 3. The predicted molar refractivity (Wildman–Crippen MR) is 117 cm³/mol. The number of methoxy groups -OCH3 is 1. The highest BCUT2D eigenvalue weighted by atomic mass is 127. The van der Waals surface area contributed by atoms with Crippen LogP contribution in [0, 0.1) is 5.92 Å². The van der Waals surface area contributed by atoms with Gasteiger partial charge in [-0.25, -0.2) is 0 Å². The van der Waals surface area contributed by atoms with Crippen molar-refractivity contribution in [1.82, 2.24) is 10.2 Å². The summed E-state index contributed by atoms with van der Waals surface area (Å²) in [4.78, 5) is 8.75. The molecule has 0 radical (unpaired) electrons. The Balaban J connectivity index is 0.00000225. The third-order valence-electron chi connectivity index (χ3n) is 4.72. The average Bonchev–Trinajstić information content (AvgIpc) is 3.19. The highest BCUT2D eigenvalue weighted by molar-refractivity contribution is 14.0. The first-order chi connectivity index (χ1) is 11.7. The normalized spacial score (nSPS) is 21.8. The summed E-state index contributed by atoms with van der Waals surface area (Å²) >= 11 is 1.99. The van der Waals surface area contributed by atoms with Crippen molar-refractivity contribution in [3.63, 3.8) is 0 Å². The summed E-state index contributed by atoms with van der Waals surface area (Å²) in [7, 11) is 1.79. The summed E-state index contributed by atoms with van der Waals surface area (Å²) < 4.78 is 5.63. The van der Waals surface area contributed by atoms with Crippen LogP contribution in [0.1, 0.15) is 26.2 Å². The summed E-state index contributed by atoms with van der Waals surface area (Å²) in [5, 5.41) is 3.48. The van der Waals surface area contributed by atoms with Crippen molar-refractivity contribution in [2.75, 3.05) is 39.9 Å². The molecule has 6 heteroatoms. The van der Waals surface area contributed by atoms with E-state index in [1.165, 1.54) is 24.2 Å². The minimum absolute atomic E-state index is 0. The summed E-state index contributed by atoms with van der Waals surface area (Å²) in [6, 6.07) is 10.7. The summed E-state index contributed by atoms with van der Waals surface area (Å²) in [5.74, 6) is 1.71. The highest BCUT2D eigenvalue weighted by Crippen LogP contribution is 2.51. The van der Waals surface area contributed by atoms with E-state index in [4.69, 9.17) is 9.73 Å². The van der Waals surface area contributed by atoms with Crippen molar-refractivity contribution in [1.29, 1.82) is 0 Å². The SMILES string of the molecule is CCNC(=NCC1(Sc2ccccc2)CC1)N1CCC(COC)C1.I. The number of nitrogens with zero attached hydrogens (tertiary/aromatic N) is 2. The number of guanidine groups is 1. The van der Waals surface area contributed by atoms with Crippen molar-refractivity contribution < 1.29 is 4.74 Å². The lowest BCUT2D eigenvalue weighted by atomic mass is 10.1. The van der Waals surface area contributed by atoms with Crippen LogP contribution in [0.15, 0.2) is 40.2 Å². The molecule has 1 saturated heterocycles. The van der Waals surface area contributed by atoms with Crippen molar-refractivity contribution in [3.8, 4) is 0 Å². The van der Waals surface area contributed by atoms with E-state index >= 15 is 0 Å². The monoisotopic (exact) mass is 475 g/mol. The van der Waals surface area contributed by atoms with E-state index in [2.05, 4.69) is 47.5 Å². The molecule has 4 nitrogen and oxygen atoms in total. The number of benzene rings is 1. The Morgan fingerprint density at radius 3 is 2.76 bits per heavy atom. The number of ether oxygens (including phenoxy) is 1. The number of likely N-dealkylation sites (tertiary alicyclic amines) is 1. The molecule has 0 aromatic heterocycles. The largest absolute Gasteiger partial charge is 0.384 e. The zero-order chi connectivity index (χ0) is 16.8. The number of rotatable bonds is 7. The van der Waals surface area contributed by atoms with Crippen LogP contribution in [0.2, 0.25) is 0 Å². The first kappa shape index (κ1) is 20.8. The zero-order valence-corrected chi connectivity index (χ0v) is 18.4. The van der Waals surface area contributed by atoms with Gasteiger partial charge in [0.05, 0.1) is 13.2 Å². The Bertz CT molecular complexity index is 551. The van der Waals surface area contributed by atoms with Gasteiger partial charge in [-0.2, -0.15) is 0 Å². The molecule has 1 aliphatic carbocycles. The molecule has 25 heavy (non-hydrogen) atoms. The molecule has 3 rings (SSSR count). The van der Waals surface area contributed by atoms with Crippen molar-refractivity contribution in [3.05, 3.63) is 30.3 Å². The van der Waals surface area contributed by atoms with E-state index in [9.17, 15) is 0 Å². The molecular weight excluding hydrogens is 445 g/mol. The summed E-state index contributed by atoms with van der Waals surface area (Å²) in [6.07, 6.45) is 3.73. The van der Waals surface area contributed by atoms with Gasteiger partial charge >= 0.3 is 0 Å². The van der Waals surface area contributed by atoms with Crippen LogP contribution >= 0.6 is 35.7 Å². The Morgan fingerprint density at radius 1 is 1.36 bits per heavy atom. The first-order valence-corrected chi connectivity index (χ1v) is 9.82. The molecule has 0 amide bonds. The van der Waals surface area contributed by atoms with Crippen LogP contribution in [-0.2, 0) is 4.74 Å². The standard InChI is InChI=1S/C19H29N3OS.HI/c1-3-20-18(22-12-9-16(13-22)14-23-2)21-15-19(10-11-19)24-17-7-5-4-6-8-17;/h4-8,16H,3,9-15H2,1-2H3,(H,20,21);1H. The molecule has 2 fully saturated rings. The van der Waals surface area contributed by atoms with E-state index in [1.807, 2.05) is 11.8 Å². The van der Waals surface area contributed by atoms with Crippen molar-refractivity contribution in [2.24, 2.45) is 10.9 Å². The van der Waals surface area contributed by atoms with Crippen molar-refractivity contribution >= 4 is 41.7 Å². The van der Waals surface area contributed by atoms with Gasteiger partial charge in [0.1, 0.15) is 0 Å². The van der Waals surface area contributed by atoms with Crippen LogP contribution in [0.4, 0.5) is 0 Å². The van der Waals surface area contributed by atoms with Gasteiger partial charge < -0.3 is 15.0 Å². The number of halogens is 1. The van der Waals surface area contributed by atoms with E-state index in [0.29, 0.717) is 10.7 Å². The number of nitrogens with one attached hydrogen (secondary N) is 1. The van der Waals surface area contributed by atoms with E-state index in [0.717, 1.165) is 38.7 Å². The molecule has 0 bridgehead atoms. The Labute approximate surface area is 173 Å². The van der Waals surface area contributed by atoms with Crippen molar-refractivity contribution in [2.45, 2.75) is 35.8 Å². The molecule has 1 aromatic carbocycles.